The summed E-state index contributed by atoms with van der Waals surface area (Å²) in [6.45, 7) is 11.2. The van der Waals surface area contributed by atoms with E-state index in [1.54, 1.807) is 0 Å². The molecule has 1 aromatic rings. The Bertz CT molecular complexity index is 466. The summed E-state index contributed by atoms with van der Waals surface area (Å²) in [5, 5.41) is 7.91. The molecule has 0 spiro atoms. The maximum atomic E-state index is 12.7. The minimum absolute atomic E-state index is 0. The molecule has 1 saturated heterocycles. The van der Waals surface area contributed by atoms with Crippen LogP contribution in [-0.4, -0.2) is 46.3 Å². The molecule has 126 valence electrons. The van der Waals surface area contributed by atoms with E-state index in [0.29, 0.717) is 17.7 Å². The molecule has 1 unspecified atom stereocenters. The van der Waals surface area contributed by atoms with Gasteiger partial charge in [0.2, 0.25) is 0 Å². The van der Waals surface area contributed by atoms with Gasteiger partial charge in [-0.05, 0) is 45.2 Å². The molecule has 0 bridgehead atoms. The van der Waals surface area contributed by atoms with E-state index < -0.39 is 0 Å². The van der Waals surface area contributed by atoms with Gasteiger partial charge in [-0.1, -0.05) is 13.8 Å². The predicted molar refractivity (Wildman–Crippen MR) is 91.6 cm³/mol. The molecule has 2 rings (SSSR count). The Morgan fingerprint density at radius 3 is 2.73 bits per heavy atom. The molecule has 1 N–H and O–H groups in total. The van der Waals surface area contributed by atoms with Gasteiger partial charge in [-0.25, -0.2) is 0 Å². The van der Waals surface area contributed by atoms with Crippen LogP contribution in [0, 0.1) is 5.92 Å². The smallest absolute Gasteiger partial charge is 0.274 e. The Kier molecular flexibility index (Phi) is 7.36. The first-order chi connectivity index (χ1) is 9.99. The number of halogens is 1. The molecule has 0 aromatic carbocycles. The number of aromatic nitrogens is 2. The molecule has 0 saturated carbocycles. The summed E-state index contributed by atoms with van der Waals surface area (Å²) in [5.41, 5.74) is 0.565. The van der Waals surface area contributed by atoms with Gasteiger partial charge in [0.1, 0.15) is 5.69 Å². The van der Waals surface area contributed by atoms with Crippen molar-refractivity contribution in [1.82, 2.24) is 20.0 Å². The van der Waals surface area contributed by atoms with Crippen molar-refractivity contribution < 1.29 is 4.79 Å². The third kappa shape index (κ3) is 4.71. The molecule has 1 amide bonds. The molecule has 0 aliphatic carbocycles. The Morgan fingerprint density at radius 1 is 1.45 bits per heavy atom. The molecular weight excluding hydrogens is 300 g/mol. The molecule has 1 aromatic heterocycles. The highest BCUT2D eigenvalue weighted by Crippen LogP contribution is 2.17. The van der Waals surface area contributed by atoms with E-state index in [9.17, 15) is 4.79 Å². The summed E-state index contributed by atoms with van der Waals surface area (Å²) in [6.07, 6.45) is 4.24. The lowest BCUT2D eigenvalue weighted by molar-refractivity contribution is 0.0674. The van der Waals surface area contributed by atoms with Gasteiger partial charge in [0.15, 0.2) is 0 Å². The number of amides is 1. The molecule has 1 atom stereocenters. The highest BCUT2D eigenvalue weighted by molar-refractivity contribution is 5.92. The molecule has 22 heavy (non-hydrogen) atoms. The Balaban J connectivity index is 0.00000242. The fourth-order valence-electron chi connectivity index (χ4n) is 2.78. The highest BCUT2D eigenvalue weighted by atomic mass is 35.5. The van der Waals surface area contributed by atoms with Gasteiger partial charge in [0.25, 0.3) is 5.91 Å². The van der Waals surface area contributed by atoms with Crippen LogP contribution in [0.2, 0.25) is 0 Å². The van der Waals surface area contributed by atoms with Crippen LogP contribution in [0.1, 0.15) is 57.1 Å². The second kappa shape index (κ2) is 8.53. The van der Waals surface area contributed by atoms with Crippen molar-refractivity contribution in [1.29, 1.82) is 0 Å². The van der Waals surface area contributed by atoms with Crippen molar-refractivity contribution in [3.63, 3.8) is 0 Å². The van der Waals surface area contributed by atoms with E-state index in [4.69, 9.17) is 0 Å². The Hall–Kier alpha value is -1.07. The van der Waals surface area contributed by atoms with Crippen molar-refractivity contribution in [3.8, 4) is 0 Å². The maximum absolute atomic E-state index is 12.7. The third-order valence-corrected chi connectivity index (χ3v) is 3.92. The average molecular weight is 329 g/mol. The standard InChI is InChI=1S/C16H28N4O.ClH/c1-12(2)11-19(13(3)4)16(21)15-7-9-20(18-15)14-6-5-8-17-10-14;/h7,9,12-14,17H,5-6,8,10-11H2,1-4H3;1H. The topological polar surface area (TPSA) is 50.2 Å². The molecule has 2 heterocycles. The normalized spacial score (nSPS) is 18.4. The highest BCUT2D eigenvalue weighted by Gasteiger charge is 2.23. The van der Waals surface area contributed by atoms with Crippen LogP contribution >= 0.6 is 12.4 Å². The van der Waals surface area contributed by atoms with E-state index in [0.717, 1.165) is 26.1 Å². The molecule has 1 fully saturated rings. The molecule has 6 heteroatoms. The molecule has 5 nitrogen and oxygen atoms in total. The second-order valence-electron chi connectivity index (χ2n) is 6.63. The largest absolute Gasteiger partial charge is 0.335 e. The fraction of sp³-hybridized carbons (Fsp3) is 0.750. The number of nitrogens with one attached hydrogen (secondary N) is 1. The molecule has 1 aliphatic heterocycles. The summed E-state index contributed by atoms with van der Waals surface area (Å²) in [4.78, 5) is 14.6. The lowest BCUT2D eigenvalue weighted by Gasteiger charge is -2.28. The first-order valence-electron chi connectivity index (χ1n) is 8.06. The Labute approximate surface area is 139 Å². The number of rotatable bonds is 5. The van der Waals surface area contributed by atoms with Gasteiger partial charge in [0.05, 0.1) is 6.04 Å². The lowest BCUT2D eigenvalue weighted by Crippen LogP contribution is -2.40. The van der Waals surface area contributed by atoms with Crippen LogP contribution in [0.25, 0.3) is 0 Å². The summed E-state index contributed by atoms with van der Waals surface area (Å²) < 4.78 is 1.95. The van der Waals surface area contributed by atoms with E-state index in [2.05, 4.69) is 38.1 Å². The van der Waals surface area contributed by atoms with Gasteiger partial charge in [0, 0.05) is 25.3 Å². The van der Waals surface area contributed by atoms with Crippen LogP contribution in [0.3, 0.4) is 0 Å². The zero-order valence-electron chi connectivity index (χ0n) is 14.1. The monoisotopic (exact) mass is 328 g/mol. The van der Waals surface area contributed by atoms with Crippen LogP contribution in [-0.2, 0) is 0 Å². The zero-order valence-corrected chi connectivity index (χ0v) is 14.9. The molecule has 1 aliphatic rings. The number of piperidine rings is 1. The van der Waals surface area contributed by atoms with E-state index >= 15 is 0 Å². The second-order valence-corrected chi connectivity index (χ2v) is 6.63. The number of hydrogen-bond acceptors (Lipinski definition) is 3. The average Bonchev–Trinajstić information content (AvgIpc) is 2.94. The predicted octanol–water partition coefficient (Wildman–Crippen LogP) is 2.74. The number of carbonyl (C=O) groups is 1. The number of hydrogen-bond donors (Lipinski definition) is 1. The first-order valence-corrected chi connectivity index (χ1v) is 8.06. The molecular formula is C16H29ClN4O. The van der Waals surface area contributed by atoms with Gasteiger partial charge in [-0.3, -0.25) is 9.48 Å². The van der Waals surface area contributed by atoms with Crippen LogP contribution in [0.5, 0.6) is 0 Å². The van der Waals surface area contributed by atoms with Crippen molar-refractivity contribution >= 4 is 18.3 Å². The van der Waals surface area contributed by atoms with Crippen molar-refractivity contribution in [2.24, 2.45) is 5.92 Å². The zero-order chi connectivity index (χ0) is 15.4. The van der Waals surface area contributed by atoms with Crippen molar-refractivity contribution in [2.75, 3.05) is 19.6 Å². The van der Waals surface area contributed by atoms with Gasteiger partial charge in [-0.15, -0.1) is 12.4 Å². The summed E-state index contributed by atoms with van der Waals surface area (Å²) in [7, 11) is 0. The summed E-state index contributed by atoms with van der Waals surface area (Å²) >= 11 is 0. The van der Waals surface area contributed by atoms with E-state index in [1.165, 1.54) is 6.42 Å². The SMILES string of the molecule is CC(C)CN(C(=O)c1ccn(C2CCCNC2)n1)C(C)C.Cl. The summed E-state index contributed by atoms with van der Waals surface area (Å²) in [6, 6.07) is 2.42. The maximum Gasteiger partial charge on any atom is 0.274 e. The number of carbonyl (C=O) groups excluding carboxylic acids is 1. The van der Waals surface area contributed by atoms with Gasteiger partial charge in [-0.2, -0.15) is 5.10 Å². The van der Waals surface area contributed by atoms with Crippen molar-refractivity contribution in [3.05, 3.63) is 18.0 Å². The van der Waals surface area contributed by atoms with Crippen LogP contribution < -0.4 is 5.32 Å². The van der Waals surface area contributed by atoms with Crippen LogP contribution in [0.4, 0.5) is 0 Å². The van der Waals surface area contributed by atoms with Crippen LogP contribution in [0.15, 0.2) is 12.3 Å². The van der Waals surface area contributed by atoms with E-state index in [-0.39, 0.29) is 24.4 Å². The fourth-order valence-corrected chi connectivity index (χ4v) is 2.78. The third-order valence-electron chi connectivity index (χ3n) is 3.92. The van der Waals surface area contributed by atoms with Gasteiger partial charge < -0.3 is 10.2 Å². The summed E-state index contributed by atoms with van der Waals surface area (Å²) in [5.74, 6) is 0.502. The van der Waals surface area contributed by atoms with Crippen molar-refractivity contribution in [2.45, 2.75) is 52.6 Å². The quantitative estimate of drug-likeness (QED) is 0.904. The van der Waals surface area contributed by atoms with E-state index in [1.807, 2.05) is 21.8 Å². The minimum Gasteiger partial charge on any atom is -0.335 e. The minimum atomic E-state index is 0. The lowest BCUT2D eigenvalue weighted by atomic mass is 10.1. The molecule has 0 radical (unpaired) electrons. The Morgan fingerprint density at radius 2 is 2.18 bits per heavy atom. The number of nitrogens with zero attached hydrogens (tertiary/aromatic N) is 3. The first kappa shape index (κ1) is 19.0. The van der Waals surface area contributed by atoms with Gasteiger partial charge >= 0.3 is 0 Å².